The fraction of sp³-hybridized carbons (Fsp3) is 0.300. The van der Waals surface area contributed by atoms with E-state index >= 15 is 0 Å². The molecule has 1 rings (SSSR count). The van der Waals surface area contributed by atoms with E-state index < -0.39 is 17.8 Å². The molecule has 0 aliphatic rings. The topological polar surface area (TPSA) is 72.5 Å². The first-order valence-corrected chi connectivity index (χ1v) is 5.20. The number of hydrogen-bond acceptors (Lipinski definition) is 3. The van der Waals surface area contributed by atoms with Gasteiger partial charge in [0.2, 0.25) is 0 Å². The van der Waals surface area contributed by atoms with E-state index in [9.17, 15) is 9.18 Å². The Labute approximate surface area is 100 Å². The van der Waals surface area contributed by atoms with Crippen LogP contribution in [0.2, 0.25) is 0 Å². The monoisotopic (exact) mass is 291 g/mol. The van der Waals surface area contributed by atoms with Crippen LogP contribution in [0.5, 0.6) is 5.75 Å². The molecule has 1 unspecified atom stereocenters. The van der Waals surface area contributed by atoms with Crippen molar-refractivity contribution in [3.05, 3.63) is 27.5 Å². The highest BCUT2D eigenvalue weighted by Crippen LogP contribution is 2.35. The number of aryl methyl sites for hydroxylation is 1. The van der Waals surface area contributed by atoms with Crippen LogP contribution < -0.4 is 10.5 Å². The van der Waals surface area contributed by atoms with E-state index in [1.807, 2.05) is 0 Å². The normalized spacial score (nSPS) is 12.3. The number of carboxylic acids is 1. The second-order valence-electron chi connectivity index (χ2n) is 3.26. The summed E-state index contributed by atoms with van der Waals surface area (Å²) >= 11 is 3.16. The lowest BCUT2D eigenvalue weighted by atomic mass is 10.0. The highest BCUT2D eigenvalue weighted by molar-refractivity contribution is 9.10. The first-order valence-electron chi connectivity index (χ1n) is 4.41. The van der Waals surface area contributed by atoms with Crippen LogP contribution in [0.25, 0.3) is 0 Å². The minimum absolute atomic E-state index is 0.0355. The zero-order valence-electron chi connectivity index (χ0n) is 8.75. The third-order valence-corrected chi connectivity index (χ3v) is 3.16. The number of carboxylic acid groups (broad SMARTS) is 1. The predicted molar refractivity (Wildman–Crippen MR) is 60.0 cm³/mol. The number of rotatable bonds is 3. The Morgan fingerprint density at radius 3 is 2.69 bits per heavy atom. The second kappa shape index (κ2) is 4.80. The van der Waals surface area contributed by atoms with Gasteiger partial charge in [-0.3, -0.25) is 4.79 Å². The molecule has 6 heteroatoms. The smallest absolute Gasteiger partial charge is 0.325 e. The second-order valence-corrected chi connectivity index (χ2v) is 4.05. The minimum atomic E-state index is -1.40. The number of ether oxygens (including phenoxy) is 1. The third kappa shape index (κ3) is 2.17. The molecule has 0 aliphatic heterocycles. The Kier molecular flexibility index (Phi) is 3.88. The molecule has 0 aliphatic carbocycles. The molecule has 1 aromatic rings. The quantitative estimate of drug-likeness (QED) is 0.893. The number of aliphatic carboxylic acids is 1. The maximum absolute atomic E-state index is 13.8. The minimum Gasteiger partial charge on any atom is -0.492 e. The molecular weight excluding hydrogens is 281 g/mol. The van der Waals surface area contributed by atoms with Crippen LogP contribution in [-0.2, 0) is 4.79 Å². The molecule has 0 saturated heterocycles. The number of halogens is 2. The van der Waals surface area contributed by atoms with E-state index in [1.54, 1.807) is 6.92 Å². The van der Waals surface area contributed by atoms with Gasteiger partial charge in [0, 0.05) is 5.56 Å². The molecule has 16 heavy (non-hydrogen) atoms. The lowest BCUT2D eigenvalue weighted by Gasteiger charge is -2.14. The maximum Gasteiger partial charge on any atom is 0.325 e. The van der Waals surface area contributed by atoms with Crippen molar-refractivity contribution in [2.45, 2.75) is 13.0 Å². The number of carbonyl (C=O) groups is 1. The molecule has 0 aromatic heterocycles. The van der Waals surface area contributed by atoms with Crippen LogP contribution in [0.15, 0.2) is 10.5 Å². The van der Waals surface area contributed by atoms with Gasteiger partial charge in [-0.05, 0) is 34.5 Å². The summed E-state index contributed by atoms with van der Waals surface area (Å²) in [6.45, 7) is 1.70. The fourth-order valence-corrected chi connectivity index (χ4v) is 1.76. The Hall–Kier alpha value is -1.14. The summed E-state index contributed by atoms with van der Waals surface area (Å²) in [6, 6.07) is -0.0125. The summed E-state index contributed by atoms with van der Waals surface area (Å²) in [6.07, 6.45) is 0. The van der Waals surface area contributed by atoms with Gasteiger partial charge < -0.3 is 15.6 Å². The number of nitrogens with two attached hydrogens (primary N) is 1. The van der Waals surface area contributed by atoms with E-state index in [0.717, 1.165) is 0 Å². The van der Waals surface area contributed by atoms with Crippen LogP contribution in [0, 0.1) is 12.7 Å². The SMILES string of the molecule is COc1c(F)c(C(N)C(=O)O)cc(C)c1Br. The molecule has 4 nitrogen and oxygen atoms in total. The Balaban J connectivity index is 3.42. The molecule has 0 saturated carbocycles. The highest BCUT2D eigenvalue weighted by atomic mass is 79.9. The van der Waals surface area contributed by atoms with Gasteiger partial charge in [0.1, 0.15) is 6.04 Å². The van der Waals surface area contributed by atoms with Crippen molar-refractivity contribution in [3.8, 4) is 5.75 Å². The van der Waals surface area contributed by atoms with Crippen LogP contribution >= 0.6 is 15.9 Å². The van der Waals surface area contributed by atoms with Gasteiger partial charge in [-0.2, -0.15) is 0 Å². The van der Waals surface area contributed by atoms with Gasteiger partial charge >= 0.3 is 5.97 Å². The summed E-state index contributed by atoms with van der Waals surface area (Å²) in [4.78, 5) is 10.7. The lowest BCUT2D eigenvalue weighted by molar-refractivity contribution is -0.138. The summed E-state index contributed by atoms with van der Waals surface area (Å²) in [5.41, 5.74) is 5.94. The molecule has 0 spiro atoms. The molecule has 0 heterocycles. The first kappa shape index (κ1) is 12.9. The van der Waals surface area contributed by atoms with Gasteiger partial charge in [0.05, 0.1) is 11.6 Å². The van der Waals surface area contributed by atoms with Gasteiger partial charge in [-0.1, -0.05) is 0 Å². The van der Waals surface area contributed by atoms with Crippen LogP contribution in [0.3, 0.4) is 0 Å². The standard InChI is InChI=1S/C10H11BrFNO3/c1-4-3-5(8(13)10(14)15)7(12)9(16-2)6(4)11/h3,8H,13H2,1-2H3,(H,14,15). The van der Waals surface area contributed by atoms with E-state index in [1.165, 1.54) is 13.2 Å². The van der Waals surface area contributed by atoms with Crippen LogP contribution in [0.1, 0.15) is 17.2 Å². The third-order valence-electron chi connectivity index (χ3n) is 2.18. The van der Waals surface area contributed by atoms with Crippen molar-refractivity contribution < 1.29 is 19.0 Å². The summed E-state index contributed by atoms with van der Waals surface area (Å²) in [5, 5.41) is 8.74. The van der Waals surface area contributed by atoms with Crippen molar-refractivity contribution in [2.75, 3.05) is 7.11 Å². The van der Waals surface area contributed by atoms with E-state index in [2.05, 4.69) is 15.9 Å². The van der Waals surface area contributed by atoms with Crippen molar-refractivity contribution >= 4 is 21.9 Å². The molecule has 0 amide bonds. The summed E-state index contributed by atoms with van der Waals surface area (Å²) in [7, 11) is 1.30. The molecule has 3 N–H and O–H groups in total. The van der Waals surface area contributed by atoms with Crippen molar-refractivity contribution in [1.82, 2.24) is 0 Å². The van der Waals surface area contributed by atoms with Gasteiger partial charge in [-0.15, -0.1) is 0 Å². The molecule has 1 atom stereocenters. The fourth-order valence-electron chi connectivity index (χ4n) is 1.31. The zero-order valence-corrected chi connectivity index (χ0v) is 10.3. The molecule has 1 aromatic carbocycles. The number of benzene rings is 1. The number of methoxy groups -OCH3 is 1. The maximum atomic E-state index is 13.8. The van der Waals surface area contributed by atoms with E-state index in [4.69, 9.17) is 15.6 Å². The van der Waals surface area contributed by atoms with E-state index in [-0.39, 0.29) is 11.3 Å². The Morgan fingerprint density at radius 1 is 1.69 bits per heavy atom. The zero-order chi connectivity index (χ0) is 12.5. The molecule has 0 radical (unpaired) electrons. The average Bonchev–Trinajstić information content (AvgIpc) is 2.23. The first-order chi connectivity index (χ1) is 7.40. The Bertz CT molecular complexity index is 437. The molecular formula is C10H11BrFNO3. The van der Waals surface area contributed by atoms with Crippen molar-refractivity contribution in [1.29, 1.82) is 0 Å². The van der Waals surface area contributed by atoms with Crippen LogP contribution in [0.4, 0.5) is 4.39 Å². The van der Waals surface area contributed by atoms with E-state index in [0.29, 0.717) is 10.0 Å². The molecule has 0 bridgehead atoms. The number of hydrogen-bond donors (Lipinski definition) is 2. The molecule has 0 fully saturated rings. The van der Waals surface area contributed by atoms with Crippen molar-refractivity contribution in [2.24, 2.45) is 5.73 Å². The average molecular weight is 292 g/mol. The van der Waals surface area contributed by atoms with Crippen molar-refractivity contribution in [3.63, 3.8) is 0 Å². The summed E-state index contributed by atoms with van der Waals surface area (Å²) in [5.74, 6) is -2.08. The van der Waals surface area contributed by atoms with Gasteiger partial charge in [0.15, 0.2) is 11.6 Å². The van der Waals surface area contributed by atoms with Gasteiger partial charge in [-0.25, -0.2) is 4.39 Å². The van der Waals surface area contributed by atoms with Gasteiger partial charge in [0.25, 0.3) is 0 Å². The Morgan fingerprint density at radius 2 is 2.25 bits per heavy atom. The summed E-state index contributed by atoms with van der Waals surface area (Å²) < 4.78 is 19.1. The largest absolute Gasteiger partial charge is 0.492 e. The lowest BCUT2D eigenvalue weighted by Crippen LogP contribution is -2.22. The highest BCUT2D eigenvalue weighted by Gasteiger charge is 2.23. The predicted octanol–water partition coefficient (Wildman–Crippen LogP) is 1.99. The molecule has 88 valence electrons. The van der Waals surface area contributed by atoms with Crippen LogP contribution in [-0.4, -0.2) is 18.2 Å².